The first-order valence-corrected chi connectivity index (χ1v) is 7.41. The van der Waals surface area contributed by atoms with Crippen molar-refractivity contribution in [1.82, 2.24) is 5.32 Å². The number of benzene rings is 2. The zero-order chi connectivity index (χ0) is 17.7. The van der Waals surface area contributed by atoms with Crippen LogP contribution in [-0.4, -0.2) is 26.7 Å². The Morgan fingerprint density at radius 1 is 1.12 bits per heavy atom. The summed E-state index contributed by atoms with van der Waals surface area (Å²) in [5.74, 6) is -1.05. The topological polar surface area (TPSA) is 47.6 Å². The van der Waals surface area contributed by atoms with E-state index in [2.05, 4.69) is 5.32 Å². The quantitative estimate of drug-likeness (QED) is 0.881. The molecule has 0 unspecified atom stereocenters. The van der Waals surface area contributed by atoms with E-state index in [1.54, 1.807) is 12.1 Å². The van der Waals surface area contributed by atoms with Crippen molar-refractivity contribution < 1.29 is 23.0 Å². The van der Waals surface area contributed by atoms with Crippen LogP contribution in [0.3, 0.4) is 0 Å². The van der Waals surface area contributed by atoms with Crippen molar-refractivity contribution in [2.24, 2.45) is 0 Å². The van der Waals surface area contributed by atoms with Gasteiger partial charge in [-0.15, -0.1) is 0 Å². The summed E-state index contributed by atoms with van der Waals surface area (Å²) in [6.07, 6.45) is 0.190. The molecule has 1 N–H and O–H groups in total. The van der Waals surface area contributed by atoms with Gasteiger partial charge in [-0.25, -0.2) is 8.78 Å². The lowest BCUT2D eigenvalue weighted by Gasteiger charge is -2.13. The van der Waals surface area contributed by atoms with Crippen molar-refractivity contribution >= 4 is 5.91 Å². The first kappa shape index (κ1) is 17.7. The average molecular weight is 335 g/mol. The number of nitrogens with one attached hydrogen (secondary N) is 1. The van der Waals surface area contributed by atoms with E-state index < -0.39 is 11.6 Å². The summed E-state index contributed by atoms with van der Waals surface area (Å²) in [7, 11) is 3.02. The minimum Gasteiger partial charge on any atom is -0.496 e. The van der Waals surface area contributed by atoms with Gasteiger partial charge in [0.25, 0.3) is 5.91 Å². The van der Waals surface area contributed by atoms with Crippen LogP contribution in [-0.2, 0) is 6.42 Å². The fraction of sp³-hybridized carbons (Fsp3) is 0.278. The summed E-state index contributed by atoms with van der Waals surface area (Å²) in [4.78, 5) is 12.2. The van der Waals surface area contributed by atoms with Crippen LogP contribution in [0.25, 0.3) is 0 Å². The van der Waals surface area contributed by atoms with E-state index in [0.29, 0.717) is 17.1 Å². The van der Waals surface area contributed by atoms with Crippen molar-refractivity contribution in [3.8, 4) is 11.5 Å². The molecule has 0 bridgehead atoms. The third kappa shape index (κ3) is 3.82. The van der Waals surface area contributed by atoms with Crippen molar-refractivity contribution in [3.05, 3.63) is 58.7 Å². The fourth-order valence-electron chi connectivity index (χ4n) is 2.37. The van der Waals surface area contributed by atoms with E-state index in [4.69, 9.17) is 9.47 Å². The molecule has 0 saturated heterocycles. The first-order chi connectivity index (χ1) is 11.5. The van der Waals surface area contributed by atoms with Crippen LogP contribution in [0.4, 0.5) is 8.78 Å². The van der Waals surface area contributed by atoms with E-state index in [9.17, 15) is 13.6 Å². The monoisotopic (exact) mass is 335 g/mol. The van der Waals surface area contributed by atoms with Gasteiger partial charge >= 0.3 is 0 Å². The summed E-state index contributed by atoms with van der Waals surface area (Å²) >= 11 is 0. The first-order valence-electron chi connectivity index (χ1n) is 7.41. The van der Waals surface area contributed by atoms with E-state index in [1.165, 1.54) is 26.4 Å². The Hall–Kier alpha value is -2.63. The second-order valence-corrected chi connectivity index (χ2v) is 5.22. The Balaban J connectivity index is 2.06. The van der Waals surface area contributed by atoms with Gasteiger partial charge in [-0.2, -0.15) is 0 Å². The molecular weight excluding hydrogens is 316 g/mol. The maximum absolute atomic E-state index is 13.6. The summed E-state index contributed by atoms with van der Waals surface area (Å²) in [5, 5.41) is 2.68. The smallest absolute Gasteiger partial charge is 0.251 e. The van der Waals surface area contributed by atoms with Gasteiger partial charge in [0.2, 0.25) is 0 Å². The van der Waals surface area contributed by atoms with Crippen molar-refractivity contribution in [3.63, 3.8) is 0 Å². The van der Waals surface area contributed by atoms with E-state index in [0.717, 1.165) is 11.6 Å². The molecule has 0 aliphatic heterocycles. The third-order valence-electron chi connectivity index (χ3n) is 3.73. The zero-order valence-electron chi connectivity index (χ0n) is 13.8. The number of methoxy groups -OCH3 is 2. The SMILES string of the molecule is COc1cc(C(=O)NCCc2cccc(F)c2F)cc(OC)c1C. The van der Waals surface area contributed by atoms with Gasteiger partial charge in [0, 0.05) is 17.7 Å². The molecular formula is C18H19F2NO3. The minimum absolute atomic E-state index is 0.178. The molecule has 0 saturated carbocycles. The molecule has 0 atom stereocenters. The van der Waals surface area contributed by atoms with E-state index in [-0.39, 0.29) is 24.4 Å². The van der Waals surface area contributed by atoms with Gasteiger partial charge in [-0.05, 0) is 37.1 Å². The van der Waals surface area contributed by atoms with Crippen LogP contribution in [0.15, 0.2) is 30.3 Å². The predicted octanol–water partition coefficient (Wildman–Crippen LogP) is 3.26. The van der Waals surface area contributed by atoms with Crippen molar-refractivity contribution in [2.75, 3.05) is 20.8 Å². The summed E-state index contributed by atoms with van der Waals surface area (Å²) in [5.41, 5.74) is 1.38. The molecule has 0 aliphatic carbocycles. The molecule has 0 aromatic heterocycles. The minimum atomic E-state index is -0.896. The average Bonchev–Trinajstić information content (AvgIpc) is 2.58. The normalized spacial score (nSPS) is 10.4. The van der Waals surface area contributed by atoms with Crippen LogP contribution < -0.4 is 14.8 Å². The number of hydrogen-bond acceptors (Lipinski definition) is 3. The molecule has 2 aromatic carbocycles. The molecule has 0 aliphatic rings. The van der Waals surface area contributed by atoms with Gasteiger partial charge in [0.05, 0.1) is 14.2 Å². The van der Waals surface area contributed by atoms with Crippen LogP contribution in [0.5, 0.6) is 11.5 Å². The van der Waals surface area contributed by atoms with Crippen LogP contribution in [0.2, 0.25) is 0 Å². The van der Waals surface area contributed by atoms with Gasteiger partial charge in [0.15, 0.2) is 11.6 Å². The highest BCUT2D eigenvalue weighted by Gasteiger charge is 2.14. The number of carbonyl (C=O) groups excluding carboxylic acids is 1. The van der Waals surface area contributed by atoms with Crippen LogP contribution in [0.1, 0.15) is 21.5 Å². The molecule has 0 radical (unpaired) electrons. The number of amides is 1. The molecule has 0 spiro atoms. The number of hydrogen-bond donors (Lipinski definition) is 1. The van der Waals surface area contributed by atoms with Crippen LogP contribution in [0, 0.1) is 18.6 Å². The molecule has 2 rings (SSSR count). The second kappa shape index (κ2) is 7.77. The standard InChI is InChI=1S/C18H19F2NO3/c1-11-15(23-2)9-13(10-16(11)24-3)18(22)21-8-7-12-5-4-6-14(19)17(12)20/h4-6,9-10H,7-8H2,1-3H3,(H,21,22). The zero-order valence-corrected chi connectivity index (χ0v) is 13.8. The van der Waals surface area contributed by atoms with Crippen LogP contribution >= 0.6 is 0 Å². The van der Waals surface area contributed by atoms with Gasteiger partial charge < -0.3 is 14.8 Å². The second-order valence-electron chi connectivity index (χ2n) is 5.22. The van der Waals surface area contributed by atoms with Gasteiger partial charge in [-0.1, -0.05) is 12.1 Å². The molecule has 128 valence electrons. The van der Waals surface area contributed by atoms with Gasteiger partial charge in [-0.3, -0.25) is 4.79 Å². The Morgan fingerprint density at radius 2 is 1.75 bits per heavy atom. The van der Waals surface area contributed by atoms with Crippen molar-refractivity contribution in [1.29, 1.82) is 0 Å². The molecule has 0 fully saturated rings. The van der Waals surface area contributed by atoms with E-state index >= 15 is 0 Å². The molecule has 24 heavy (non-hydrogen) atoms. The summed E-state index contributed by atoms with van der Waals surface area (Å²) < 4.78 is 37.2. The number of halogens is 2. The Bertz CT molecular complexity index is 722. The third-order valence-corrected chi connectivity index (χ3v) is 3.73. The number of carbonyl (C=O) groups is 1. The fourth-order valence-corrected chi connectivity index (χ4v) is 2.37. The van der Waals surface area contributed by atoms with E-state index in [1.807, 2.05) is 6.92 Å². The predicted molar refractivity (Wildman–Crippen MR) is 86.7 cm³/mol. The van der Waals surface area contributed by atoms with Gasteiger partial charge in [0.1, 0.15) is 11.5 Å². The molecule has 4 nitrogen and oxygen atoms in total. The molecule has 0 heterocycles. The molecule has 2 aromatic rings. The Kier molecular flexibility index (Phi) is 5.73. The lowest BCUT2D eigenvalue weighted by Crippen LogP contribution is -2.26. The lowest BCUT2D eigenvalue weighted by molar-refractivity contribution is 0.0953. The highest BCUT2D eigenvalue weighted by Crippen LogP contribution is 2.29. The largest absolute Gasteiger partial charge is 0.496 e. The highest BCUT2D eigenvalue weighted by atomic mass is 19.2. The number of rotatable bonds is 6. The Morgan fingerprint density at radius 3 is 2.33 bits per heavy atom. The molecule has 1 amide bonds. The van der Waals surface area contributed by atoms with Crippen molar-refractivity contribution in [2.45, 2.75) is 13.3 Å². The molecule has 6 heteroatoms. The number of ether oxygens (including phenoxy) is 2. The highest BCUT2D eigenvalue weighted by molar-refractivity contribution is 5.95. The maximum atomic E-state index is 13.6. The maximum Gasteiger partial charge on any atom is 0.251 e. The summed E-state index contributed by atoms with van der Waals surface area (Å²) in [6.45, 7) is 2.00. The summed E-state index contributed by atoms with van der Waals surface area (Å²) in [6, 6.07) is 7.20. The lowest BCUT2D eigenvalue weighted by atomic mass is 10.1. The Labute approximate surface area is 139 Å².